The minimum Gasteiger partial charge on any atom is -0.494 e. The summed E-state index contributed by atoms with van der Waals surface area (Å²) in [5.41, 5.74) is 2.36. The third kappa shape index (κ3) is 2.96. The van der Waals surface area contributed by atoms with E-state index in [1.54, 1.807) is 24.5 Å². The highest BCUT2D eigenvalue weighted by Crippen LogP contribution is 2.46. The molecule has 2 aromatic heterocycles. The Morgan fingerprint density at radius 1 is 1.30 bits per heavy atom. The number of carboxylic acids is 1. The number of aryl methyl sites for hydroxylation is 1. The maximum atomic E-state index is 12.9. The lowest BCUT2D eigenvalue weighted by Crippen LogP contribution is -2.19. The Bertz CT molecular complexity index is 1220. The van der Waals surface area contributed by atoms with Gasteiger partial charge in [-0.25, -0.2) is 4.79 Å². The van der Waals surface area contributed by atoms with Crippen molar-refractivity contribution < 1.29 is 14.6 Å². The molecule has 2 N–H and O–H groups in total. The van der Waals surface area contributed by atoms with Crippen molar-refractivity contribution in [3.63, 3.8) is 0 Å². The van der Waals surface area contributed by atoms with E-state index in [-0.39, 0.29) is 11.6 Å². The Balaban J connectivity index is 1.76. The topological polar surface area (TPSA) is 80.6 Å². The normalized spacial score (nSPS) is 18.4. The van der Waals surface area contributed by atoms with Gasteiger partial charge in [0.1, 0.15) is 5.56 Å². The lowest BCUT2D eigenvalue weighted by Gasteiger charge is -2.21. The van der Waals surface area contributed by atoms with Crippen LogP contribution in [0, 0.1) is 0 Å². The van der Waals surface area contributed by atoms with Crippen LogP contribution in [0.4, 0.5) is 0 Å². The van der Waals surface area contributed by atoms with Crippen LogP contribution < -0.4 is 15.5 Å². The second-order valence-corrected chi connectivity index (χ2v) is 9.22. The van der Waals surface area contributed by atoms with Gasteiger partial charge in [0.15, 0.2) is 5.75 Å². The number of fused-ring (bicyclic) bond motifs is 2. The molecule has 1 unspecified atom stereocenters. The van der Waals surface area contributed by atoms with Crippen LogP contribution in [0.25, 0.3) is 21.3 Å². The molecule has 6 nitrogen and oxygen atoms in total. The number of hydrogen-bond donors (Lipinski definition) is 2. The van der Waals surface area contributed by atoms with Crippen molar-refractivity contribution >= 4 is 28.2 Å². The number of aromatic carboxylic acids is 1. The maximum Gasteiger partial charge on any atom is 0.341 e. The van der Waals surface area contributed by atoms with Gasteiger partial charge in [0.05, 0.1) is 18.0 Å². The number of pyridine rings is 1. The summed E-state index contributed by atoms with van der Waals surface area (Å²) in [6.45, 7) is 0. The molecule has 0 saturated heterocycles. The van der Waals surface area contributed by atoms with Crippen LogP contribution in [-0.2, 0) is 6.42 Å². The molecule has 0 spiro atoms. The molecule has 2 heterocycles. The van der Waals surface area contributed by atoms with Gasteiger partial charge in [-0.15, -0.1) is 11.3 Å². The number of thiophene rings is 1. The summed E-state index contributed by atoms with van der Waals surface area (Å²) < 4.78 is 7.79. The van der Waals surface area contributed by atoms with Crippen LogP contribution in [0.2, 0.25) is 0 Å². The highest BCUT2D eigenvalue weighted by molar-refractivity contribution is 7.15. The number of benzene rings is 1. The Labute approximate surface area is 178 Å². The van der Waals surface area contributed by atoms with E-state index >= 15 is 0 Å². The zero-order valence-corrected chi connectivity index (χ0v) is 17.8. The van der Waals surface area contributed by atoms with E-state index in [4.69, 9.17) is 4.74 Å². The van der Waals surface area contributed by atoms with Crippen molar-refractivity contribution in [2.75, 3.05) is 14.2 Å². The molecule has 7 heteroatoms. The smallest absolute Gasteiger partial charge is 0.341 e. The van der Waals surface area contributed by atoms with Gasteiger partial charge in [-0.05, 0) is 62.9 Å². The molecule has 30 heavy (non-hydrogen) atoms. The number of ether oxygens (including phenoxy) is 1. The molecule has 156 valence electrons. The molecule has 5 rings (SSSR count). The largest absolute Gasteiger partial charge is 0.494 e. The quantitative estimate of drug-likeness (QED) is 0.636. The Morgan fingerprint density at radius 2 is 2.10 bits per heavy atom. The number of carbonyl (C=O) groups is 1. The molecule has 0 radical (unpaired) electrons. The number of methoxy groups -OCH3 is 1. The molecule has 1 aromatic carbocycles. The number of nitrogens with one attached hydrogen (secondary N) is 1. The van der Waals surface area contributed by atoms with Gasteiger partial charge in [0.2, 0.25) is 5.43 Å². The van der Waals surface area contributed by atoms with Crippen molar-refractivity contribution in [3.05, 3.63) is 50.6 Å². The minimum absolute atomic E-state index is 0.187. The summed E-state index contributed by atoms with van der Waals surface area (Å²) in [6.07, 6.45) is 6.83. The predicted molar refractivity (Wildman–Crippen MR) is 118 cm³/mol. The summed E-state index contributed by atoms with van der Waals surface area (Å²) >= 11 is 1.79. The van der Waals surface area contributed by atoms with E-state index in [1.807, 2.05) is 17.7 Å². The predicted octanol–water partition coefficient (Wildman–Crippen LogP) is 4.37. The van der Waals surface area contributed by atoms with Gasteiger partial charge in [-0.2, -0.15) is 0 Å². The maximum absolute atomic E-state index is 12.9. The molecule has 1 atom stereocenters. The van der Waals surface area contributed by atoms with Crippen LogP contribution in [0.1, 0.15) is 58.6 Å². The summed E-state index contributed by atoms with van der Waals surface area (Å²) in [4.78, 5) is 27.0. The third-order valence-corrected chi connectivity index (χ3v) is 7.49. The Kier molecular flexibility index (Phi) is 4.67. The van der Waals surface area contributed by atoms with Crippen molar-refractivity contribution in [1.29, 1.82) is 0 Å². The first-order valence-electron chi connectivity index (χ1n) is 10.3. The Morgan fingerprint density at radius 3 is 2.77 bits per heavy atom. The molecule has 2 aliphatic carbocycles. The molecular formula is C23H24N2O4S. The summed E-state index contributed by atoms with van der Waals surface area (Å²) in [5.74, 6) is -0.545. The van der Waals surface area contributed by atoms with Crippen molar-refractivity contribution in [2.24, 2.45) is 0 Å². The lowest BCUT2D eigenvalue weighted by atomic mass is 9.93. The molecule has 0 amide bonds. The van der Waals surface area contributed by atoms with Crippen molar-refractivity contribution in [2.45, 2.75) is 44.2 Å². The van der Waals surface area contributed by atoms with Crippen LogP contribution in [0.15, 0.2) is 29.2 Å². The zero-order chi connectivity index (χ0) is 21.0. The van der Waals surface area contributed by atoms with E-state index in [1.165, 1.54) is 23.1 Å². The fourth-order valence-corrected chi connectivity index (χ4v) is 5.89. The van der Waals surface area contributed by atoms with Crippen LogP contribution >= 0.6 is 11.3 Å². The SMILES string of the molecule is CNC1CCCc2sc(-c3ccc4c(=O)c(C(=O)O)cn(C5CC5)c4c3OC)cc21. The number of hydrogen-bond acceptors (Lipinski definition) is 5. The van der Waals surface area contributed by atoms with E-state index in [0.717, 1.165) is 36.1 Å². The van der Waals surface area contributed by atoms with E-state index in [2.05, 4.69) is 11.4 Å². The van der Waals surface area contributed by atoms with Gasteiger partial charge in [-0.1, -0.05) is 0 Å². The highest BCUT2D eigenvalue weighted by atomic mass is 32.1. The van der Waals surface area contributed by atoms with Gasteiger partial charge in [0, 0.05) is 33.6 Å². The average molecular weight is 425 g/mol. The average Bonchev–Trinajstić information content (AvgIpc) is 3.50. The first-order valence-corrected chi connectivity index (χ1v) is 11.1. The summed E-state index contributed by atoms with van der Waals surface area (Å²) in [6, 6.07) is 6.48. The van der Waals surface area contributed by atoms with Crippen LogP contribution in [0.3, 0.4) is 0 Å². The van der Waals surface area contributed by atoms with Crippen LogP contribution in [-0.4, -0.2) is 29.8 Å². The lowest BCUT2D eigenvalue weighted by molar-refractivity contribution is 0.0695. The first-order chi connectivity index (χ1) is 14.5. The molecule has 1 saturated carbocycles. The highest BCUT2D eigenvalue weighted by Gasteiger charge is 2.30. The third-order valence-electron chi connectivity index (χ3n) is 6.25. The fraction of sp³-hybridized carbons (Fsp3) is 0.391. The van der Waals surface area contributed by atoms with Crippen molar-refractivity contribution in [3.8, 4) is 16.2 Å². The summed E-state index contributed by atoms with van der Waals surface area (Å²) in [5, 5.41) is 13.3. The molecule has 0 aliphatic heterocycles. The van der Waals surface area contributed by atoms with Gasteiger partial charge >= 0.3 is 5.97 Å². The molecule has 2 aliphatic rings. The van der Waals surface area contributed by atoms with Gasteiger partial charge in [-0.3, -0.25) is 4.79 Å². The standard InChI is InChI=1S/C23H24N2O4S/c1-24-17-4-3-5-18-15(17)10-19(30-18)13-8-9-14-20(22(13)29-2)25(12-6-7-12)11-16(21(14)26)23(27)28/h8-12,17,24H,3-7H2,1-2H3,(H,27,28). The monoisotopic (exact) mass is 424 g/mol. The molecule has 1 fully saturated rings. The molecule has 0 bridgehead atoms. The van der Waals surface area contributed by atoms with E-state index < -0.39 is 11.4 Å². The number of carboxylic acid groups (broad SMARTS) is 1. The second-order valence-electron chi connectivity index (χ2n) is 8.08. The molecular weight excluding hydrogens is 400 g/mol. The summed E-state index contributed by atoms with van der Waals surface area (Å²) in [7, 11) is 3.62. The minimum atomic E-state index is -1.19. The number of aromatic nitrogens is 1. The van der Waals surface area contributed by atoms with E-state index in [9.17, 15) is 14.7 Å². The van der Waals surface area contributed by atoms with Crippen LogP contribution in [0.5, 0.6) is 5.75 Å². The Hall–Kier alpha value is -2.64. The fourth-order valence-electron chi connectivity index (χ4n) is 4.60. The zero-order valence-electron chi connectivity index (χ0n) is 17.0. The van der Waals surface area contributed by atoms with Crippen molar-refractivity contribution in [1.82, 2.24) is 9.88 Å². The van der Waals surface area contributed by atoms with E-state index in [0.29, 0.717) is 22.7 Å². The first kappa shape index (κ1) is 19.3. The van der Waals surface area contributed by atoms with Gasteiger partial charge < -0.3 is 19.7 Å². The second kappa shape index (κ2) is 7.25. The molecule has 3 aromatic rings. The number of nitrogens with zero attached hydrogens (tertiary/aromatic N) is 1. The number of rotatable bonds is 5. The van der Waals surface area contributed by atoms with Gasteiger partial charge in [0.25, 0.3) is 0 Å².